The third kappa shape index (κ3) is 2.97. The molecule has 1 aromatic rings. The second-order valence-corrected chi connectivity index (χ2v) is 4.24. The highest BCUT2D eigenvalue weighted by atomic mass is 35.5. The van der Waals surface area contributed by atoms with Crippen LogP contribution in [0.1, 0.15) is 24.1 Å². The fourth-order valence-electron chi connectivity index (χ4n) is 1.37. The number of halogens is 3. The Hall–Kier alpha value is -1.20. The molecule has 0 amide bonds. The van der Waals surface area contributed by atoms with Gasteiger partial charge in [-0.05, 0) is 31.0 Å². The molecule has 2 N–H and O–H groups in total. The number of esters is 1. The zero-order valence-electron chi connectivity index (χ0n) is 10.0. The van der Waals surface area contributed by atoms with E-state index in [0.717, 1.165) is 5.56 Å². The van der Waals surface area contributed by atoms with Gasteiger partial charge in [0, 0.05) is 5.02 Å². The van der Waals surface area contributed by atoms with Crippen LogP contribution in [0, 0.1) is 6.92 Å². The average Bonchev–Trinajstić information content (AvgIpc) is 2.32. The predicted octanol–water partition coefficient (Wildman–Crippen LogP) is 2.85. The molecule has 0 radical (unpaired) electrons. The van der Waals surface area contributed by atoms with E-state index in [1.54, 1.807) is 13.0 Å². The van der Waals surface area contributed by atoms with Crippen LogP contribution in [0.25, 0.3) is 0 Å². The van der Waals surface area contributed by atoms with E-state index in [9.17, 15) is 13.6 Å². The van der Waals surface area contributed by atoms with Gasteiger partial charge in [0.15, 0.2) is 0 Å². The molecule has 6 heteroatoms. The molecule has 1 atom stereocenters. The molecule has 0 aliphatic heterocycles. The number of carbonyl (C=O) groups excluding carboxylic acids is 1. The number of benzene rings is 1. The monoisotopic (exact) mass is 277 g/mol. The van der Waals surface area contributed by atoms with Crippen molar-refractivity contribution in [2.45, 2.75) is 25.8 Å². The van der Waals surface area contributed by atoms with E-state index < -0.39 is 17.9 Å². The zero-order chi connectivity index (χ0) is 13.9. The second-order valence-electron chi connectivity index (χ2n) is 3.83. The van der Waals surface area contributed by atoms with Crippen LogP contribution in [0.3, 0.4) is 0 Å². The molecule has 0 aromatic heterocycles. The van der Waals surface area contributed by atoms with Crippen molar-refractivity contribution in [1.29, 1.82) is 0 Å². The van der Waals surface area contributed by atoms with Crippen LogP contribution >= 0.6 is 11.6 Å². The number of carbonyl (C=O) groups is 1. The first kappa shape index (κ1) is 14.9. The largest absolute Gasteiger partial charge is 0.462 e. The first-order valence-electron chi connectivity index (χ1n) is 5.37. The maximum absolute atomic E-state index is 13.7. The Morgan fingerprint density at radius 1 is 1.56 bits per heavy atom. The summed E-state index contributed by atoms with van der Waals surface area (Å²) in [6.07, 6.45) is 0. The van der Waals surface area contributed by atoms with Crippen molar-refractivity contribution in [1.82, 2.24) is 0 Å². The number of aryl methyl sites for hydroxylation is 1. The molecule has 0 saturated carbocycles. The van der Waals surface area contributed by atoms with Crippen molar-refractivity contribution in [2.75, 3.05) is 6.61 Å². The molecule has 18 heavy (non-hydrogen) atoms. The Bertz CT molecular complexity index is 452. The lowest BCUT2D eigenvalue weighted by atomic mass is 10.0. The SMILES string of the molecule is CCOC(=O)C(F)(F)[C@@H](N)c1ccc(C)c(Cl)c1. The summed E-state index contributed by atoms with van der Waals surface area (Å²) in [7, 11) is 0. The van der Waals surface area contributed by atoms with Crippen molar-refractivity contribution in [3.8, 4) is 0 Å². The molecule has 0 saturated heterocycles. The summed E-state index contributed by atoms with van der Waals surface area (Å²) < 4.78 is 31.6. The summed E-state index contributed by atoms with van der Waals surface area (Å²) >= 11 is 5.83. The van der Waals surface area contributed by atoms with Gasteiger partial charge in [-0.25, -0.2) is 4.79 Å². The second kappa shape index (κ2) is 5.63. The zero-order valence-corrected chi connectivity index (χ0v) is 10.8. The Morgan fingerprint density at radius 3 is 2.67 bits per heavy atom. The van der Waals surface area contributed by atoms with Gasteiger partial charge < -0.3 is 10.5 Å². The third-order valence-electron chi connectivity index (χ3n) is 2.49. The molecule has 0 aliphatic carbocycles. The van der Waals surface area contributed by atoms with Gasteiger partial charge in [-0.3, -0.25) is 0 Å². The van der Waals surface area contributed by atoms with E-state index in [4.69, 9.17) is 17.3 Å². The third-order valence-corrected chi connectivity index (χ3v) is 2.90. The minimum atomic E-state index is -3.78. The van der Waals surface area contributed by atoms with E-state index in [0.29, 0.717) is 5.02 Å². The van der Waals surface area contributed by atoms with Crippen LogP contribution in [-0.4, -0.2) is 18.5 Å². The molecule has 0 spiro atoms. The lowest BCUT2D eigenvalue weighted by molar-refractivity contribution is -0.174. The summed E-state index contributed by atoms with van der Waals surface area (Å²) in [4.78, 5) is 11.1. The standard InChI is InChI=1S/C12H14ClF2NO2/c1-3-18-11(17)12(14,15)10(16)8-5-4-7(2)9(13)6-8/h4-6,10H,3,16H2,1-2H3/t10-/m0/s1. The van der Waals surface area contributed by atoms with Crippen LogP contribution in [0.4, 0.5) is 8.78 Å². The van der Waals surface area contributed by atoms with Gasteiger partial charge in [-0.2, -0.15) is 8.78 Å². The number of nitrogens with two attached hydrogens (primary N) is 1. The molecule has 100 valence electrons. The summed E-state index contributed by atoms with van der Waals surface area (Å²) in [5.74, 6) is -5.41. The van der Waals surface area contributed by atoms with Crippen molar-refractivity contribution in [2.24, 2.45) is 5.73 Å². The topological polar surface area (TPSA) is 52.3 Å². The summed E-state index contributed by atoms with van der Waals surface area (Å²) in [5, 5.41) is 0.322. The molecule has 0 heterocycles. The van der Waals surface area contributed by atoms with Gasteiger partial charge in [0.1, 0.15) is 6.04 Å². The highest BCUT2D eigenvalue weighted by Gasteiger charge is 2.47. The van der Waals surface area contributed by atoms with Gasteiger partial charge in [-0.15, -0.1) is 0 Å². The van der Waals surface area contributed by atoms with E-state index in [2.05, 4.69) is 4.74 Å². The van der Waals surface area contributed by atoms with E-state index in [-0.39, 0.29) is 12.2 Å². The molecule has 1 rings (SSSR count). The molecular formula is C12H14ClF2NO2. The summed E-state index contributed by atoms with van der Waals surface area (Å²) in [6, 6.07) is 2.53. The fraction of sp³-hybridized carbons (Fsp3) is 0.417. The molecule has 0 fully saturated rings. The van der Waals surface area contributed by atoms with E-state index >= 15 is 0 Å². The molecule has 0 bridgehead atoms. The summed E-state index contributed by atoms with van der Waals surface area (Å²) in [5.41, 5.74) is 6.24. The number of hydrogen-bond donors (Lipinski definition) is 1. The summed E-state index contributed by atoms with van der Waals surface area (Å²) in [6.45, 7) is 3.05. The maximum atomic E-state index is 13.7. The van der Waals surface area contributed by atoms with Gasteiger partial charge in [0.25, 0.3) is 0 Å². The van der Waals surface area contributed by atoms with Crippen molar-refractivity contribution >= 4 is 17.6 Å². The van der Waals surface area contributed by atoms with Crippen molar-refractivity contribution < 1.29 is 18.3 Å². The first-order chi connectivity index (χ1) is 8.30. The lowest BCUT2D eigenvalue weighted by Crippen LogP contribution is -2.41. The van der Waals surface area contributed by atoms with Crippen LogP contribution in [0.15, 0.2) is 18.2 Å². The van der Waals surface area contributed by atoms with Gasteiger partial charge in [0.05, 0.1) is 6.61 Å². The van der Waals surface area contributed by atoms with Crippen molar-refractivity contribution in [3.05, 3.63) is 34.3 Å². The maximum Gasteiger partial charge on any atom is 0.379 e. The first-order valence-corrected chi connectivity index (χ1v) is 5.75. The van der Waals surface area contributed by atoms with Gasteiger partial charge in [0.2, 0.25) is 0 Å². The van der Waals surface area contributed by atoms with Crippen LogP contribution < -0.4 is 5.73 Å². The average molecular weight is 278 g/mol. The quantitative estimate of drug-likeness (QED) is 0.861. The number of alkyl halides is 2. The minimum absolute atomic E-state index is 0.0867. The molecular weight excluding hydrogens is 264 g/mol. The Morgan fingerprint density at radius 2 is 2.17 bits per heavy atom. The number of ether oxygens (including phenoxy) is 1. The number of hydrogen-bond acceptors (Lipinski definition) is 3. The highest BCUT2D eigenvalue weighted by Crippen LogP contribution is 2.32. The predicted molar refractivity (Wildman–Crippen MR) is 64.7 cm³/mol. The Kier molecular flexibility index (Phi) is 4.65. The Balaban J connectivity index is 3.01. The lowest BCUT2D eigenvalue weighted by Gasteiger charge is -2.22. The van der Waals surface area contributed by atoms with Crippen LogP contribution in [-0.2, 0) is 9.53 Å². The van der Waals surface area contributed by atoms with Crippen LogP contribution in [0.2, 0.25) is 5.02 Å². The molecule has 0 aliphatic rings. The van der Waals surface area contributed by atoms with E-state index in [1.165, 1.54) is 19.1 Å². The number of rotatable bonds is 4. The van der Waals surface area contributed by atoms with E-state index in [1.807, 2.05) is 0 Å². The van der Waals surface area contributed by atoms with Gasteiger partial charge in [-0.1, -0.05) is 23.7 Å². The normalized spacial score (nSPS) is 13.2. The highest BCUT2D eigenvalue weighted by molar-refractivity contribution is 6.31. The molecule has 0 unspecified atom stereocenters. The molecule has 1 aromatic carbocycles. The smallest absolute Gasteiger partial charge is 0.379 e. The molecule has 3 nitrogen and oxygen atoms in total. The Labute approximate surface area is 109 Å². The van der Waals surface area contributed by atoms with Crippen LogP contribution in [0.5, 0.6) is 0 Å². The van der Waals surface area contributed by atoms with Gasteiger partial charge >= 0.3 is 11.9 Å². The minimum Gasteiger partial charge on any atom is -0.462 e. The fourth-order valence-corrected chi connectivity index (χ4v) is 1.56. The van der Waals surface area contributed by atoms with Crippen molar-refractivity contribution in [3.63, 3.8) is 0 Å².